The number of hydrogen-bond acceptors (Lipinski definition) is 6. The molecule has 7 heteroatoms. The third-order valence-corrected chi connectivity index (χ3v) is 7.48. The predicted molar refractivity (Wildman–Crippen MR) is 128 cm³/mol. The lowest BCUT2D eigenvalue weighted by Gasteiger charge is -2.18. The Balaban J connectivity index is 1.73. The lowest BCUT2D eigenvalue weighted by molar-refractivity contribution is -0.115. The molecule has 5 nitrogen and oxygen atoms in total. The van der Waals surface area contributed by atoms with Crippen LogP contribution >= 0.6 is 23.1 Å². The molecule has 0 spiro atoms. The Bertz CT molecular complexity index is 1240. The number of anilines is 1. The van der Waals surface area contributed by atoms with Crippen LogP contribution in [0.5, 0.6) is 5.75 Å². The van der Waals surface area contributed by atoms with Crippen LogP contribution in [0.1, 0.15) is 26.8 Å². The minimum absolute atomic E-state index is 0.128. The van der Waals surface area contributed by atoms with E-state index in [0.717, 1.165) is 31.9 Å². The molecule has 1 amide bonds. The van der Waals surface area contributed by atoms with Gasteiger partial charge in [-0.05, 0) is 49.6 Å². The average Bonchev–Trinajstić information content (AvgIpc) is 3.07. The summed E-state index contributed by atoms with van der Waals surface area (Å²) in [6.45, 7) is 6.15. The summed E-state index contributed by atoms with van der Waals surface area (Å²) in [4.78, 5) is 24.6. The number of rotatable bonds is 6. The number of nitrogens with zero attached hydrogens (tertiary/aromatic N) is 2. The summed E-state index contributed by atoms with van der Waals surface area (Å²) in [6, 6.07) is 15.5. The number of hydrogen-bond donors (Lipinski definition) is 1. The van der Waals surface area contributed by atoms with Crippen LogP contribution in [0, 0.1) is 20.8 Å². The van der Waals surface area contributed by atoms with Gasteiger partial charge >= 0.3 is 0 Å². The summed E-state index contributed by atoms with van der Waals surface area (Å²) < 4.78 is 5.44. The largest absolute Gasteiger partial charge is 0.495 e. The highest BCUT2D eigenvalue weighted by atomic mass is 32.2. The van der Waals surface area contributed by atoms with Crippen molar-refractivity contribution in [2.45, 2.75) is 31.0 Å². The second-order valence-electron chi connectivity index (χ2n) is 7.24. The molecule has 0 radical (unpaired) electrons. The molecule has 0 saturated carbocycles. The summed E-state index contributed by atoms with van der Waals surface area (Å²) in [7, 11) is 1.60. The van der Waals surface area contributed by atoms with E-state index in [1.165, 1.54) is 16.6 Å². The number of nitrogens with one attached hydrogen (secondary N) is 1. The molecule has 0 aliphatic carbocycles. The van der Waals surface area contributed by atoms with Gasteiger partial charge in [0.05, 0.1) is 12.8 Å². The highest BCUT2D eigenvalue weighted by Crippen LogP contribution is 2.41. The van der Waals surface area contributed by atoms with E-state index in [1.54, 1.807) is 24.8 Å². The monoisotopic (exact) mass is 449 g/mol. The van der Waals surface area contributed by atoms with Crippen LogP contribution in [-0.4, -0.2) is 23.0 Å². The summed E-state index contributed by atoms with van der Waals surface area (Å²) in [5, 5.41) is 4.42. The van der Waals surface area contributed by atoms with Crippen molar-refractivity contribution in [2.24, 2.45) is 0 Å². The van der Waals surface area contributed by atoms with Gasteiger partial charge in [0, 0.05) is 10.3 Å². The second kappa shape index (κ2) is 9.08. The molecule has 31 heavy (non-hydrogen) atoms. The van der Waals surface area contributed by atoms with Crippen molar-refractivity contribution >= 4 is 44.9 Å². The van der Waals surface area contributed by atoms with Crippen molar-refractivity contribution < 1.29 is 9.53 Å². The number of benzene rings is 2. The molecule has 0 unspecified atom stereocenters. The zero-order valence-electron chi connectivity index (χ0n) is 17.8. The molecule has 0 fully saturated rings. The molecular weight excluding hydrogens is 426 g/mol. The van der Waals surface area contributed by atoms with Gasteiger partial charge in [0.25, 0.3) is 0 Å². The molecule has 0 bridgehead atoms. The van der Waals surface area contributed by atoms with Crippen LogP contribution < -0.4 is 10.1 Å². The summed E-state index contributed by atoms with van der Waals surface area (Å²) >= 11 is 3.10. The number of carbonyl (C=O) groups is 1. The molecule has 0 saturated heterocycles. The van der Waals surface area contributed by atoms with Gasteiger partial charge in [0.1, 0.15) is 27.2 Å². The number of aryl methyl sites for hydroxylation is 3. The van der Waals surface area contributed by atoms with Crippen LogP contribution in [0.3, 0.4) is 0 Å². The van der Waals surface area contributed by atoms with Gasteiger partial charge in [-0.15, -0.1) is 11.3 Å². The molecular formula is C24H23N3O2S2. The van der Waals surface area contributed by atoms with Crippen LogP contribution in [-0.2, 0) is 4.79 Å². The maximum atomic E-state index is 13.5. The van der Waals surface area contributed by atoms with Crippen molar-refractivity contribution in [2.75, 3.05) is 12.4 Å². The maximum Gasteiger partial charge on any atom is 0.242 e. The van der Waals surface area contributed by atoms with E-state index in [0.29, 0.717) is 11.4 Å². The number of amides is 1. The lowest BCUT2D eigenvalue weighted by atomic mass is 10.1. The molecule has 0 aliphatic heterocycles. The van der Waals surface area contributed by atoms with E-state index < -0.39 is 5.25 Å². The topological polar surface area (TPSA) is 64.1 Å². The number of carbonyl (C=O) groups excluding carboxylic acids is 1. The standard InChI is InChI=1S/C24H23N3O2S2/c1-14-10-11-19(29-4)18(12-14)27-22(28)21(17-8-6-5-7-9-17)31-24-20-15(2)16(3)30-23(20)25-13-26-24/h5-13,21H,1-4H3,(H,27,28)/t21-/m1/s1. The molecule has 1 atom stereocenters. The first-order valence-electron chi connectivity index (χ1n) is 9.85. The van der Waals surface area contributed by atoms with Crippen molar-refractivity contribution in [1.29, 1.82) is 0 Å². The Morgan fingerprint density at radius 3 is 2.61 bits per heavy atom. The van der Waals surface area contributed by atoms with Crippen LogP contribution in [0.4, 0.5) is 5.69 Å². The maximum absolute atomic E-state index is 13.5. The second-order valence-corrected chi connectivity index (χ2v) is 9.54. The van der Waals surface area contributed by atoms with E-state index in [2.05, 4.69) is 29.1 Å². The zero-order valence-corrected chi connectivity index (χ0v) is 19.4. The van der Waals surface area contributed by atoms with Crippen LogP contribution in [0.15, 0.2) is 59.9 Å². The fourth-order valence-electron chi connectivity index (χ4n) is 3.37. The van der Waals surface area contributed by atoms with Crippen molar-refractivity contribution in [3.63, 3.8) is 0 Å². The first kappa shape index (κ1) is 21.3. The third-order valence-electron chi connectivity index (χ3n) is 5.11. The Morgan fingerprint density at radius 1 is 1.10 bits per heavy atom. The lowest BCUT2D eigenvalue weighted by Crippen LogP contribution is -2.19. The molecule has 2 heterocycles. The van der Waals surface area contributed by atoms with Gasteiger partial charge in [-0.1, -0.05) is 48.2 Å². The Morgan fingerprint density at radius 2 is 1.87 bits per heavy atom. The van der Waals surface area contributed by atoms with E-state index in [9.17, 15) is 4.79 Å². The Labute approximate surface area is 189 Å². The number of aromatic nitrogens is 2. The number of ether oxygens (including phenoxy) is 1. The smallest absolute Gasteiger partial charge is 0.242 e. The molecule has 4 rings (SSSR count). The minimum atomic E-state index is -0.482. The zero-order chi connectivity index (χ0) is 22.0. The number of methoxy groups -OCH3 is 1. The van der Waals surface area contributed by atoms with Gasteiger partial charge in [-0.2, -0.15) is 0 Å². The molecule has 2 aromatic heterocycles. The first-order chi connectivity index (χ1) is 15.0. The minimum Gasteiger partial charge on any atom is -0.495 e. The third kappa shape index (κ3) is 4.43. The quantitative estimate of drug-likeness (QED) is 0.285. The highest BCUT2D eigenvalue weighted by Gasteiger charge is 2.26. The van der Waals surface area contributed by atoms with Gasteiger partial charge in [-0.3, -0.25) is 4.79 Å². The SMILES string of the molecule is COc1ccc(C)cc1NC(=O)[C@H](Sc1ncnc2sc(C)c(C)c12)c1ccccc1. The van der Waals surface area contributed by atoms with Gasteiger partial charge < -0.3 is 10.1 Å². The summed E-state index contributed by atoms with van der Waals surface area (Å²) in [6.07, 6.45) is 1.57. The van der Waals surface area contributed by atoms with E-state index in [-0.39, 0.29) is 5.91 Å². The molecule has 0 aliphatic rings. The van der Waals surface area contributed by atoms with E-state index >= 15 is 0 Å². The normalized spacial score (nSPS) is 12.0. The van der Waals surface area contributed by atoms with Crippen LogP contribution in [0.25, 0.3) is 10.2 Å². The van der Waals surface area contributed by atoms with E-state index in [4.69, 9.17) is 4.74 Å². The average molecular weight is 450 g/mol. The Kier molecular flexibility index (Phi) is 6.25. The molecule has 158 valence electrons. The van der Waals surface area contributed by atoms with Gasteiger partial charge in [0.2, 0.25) is 5.91 Å². The fourth-order valence-corrected chi connectivity index (χ4v) is 5.59. The molecule has 4 aromatic rings. The van der Waals surface area contributed by atoms with Crippen LogP contribution in [0.2, 0.25) is 0 Å². The number of fused-ring (bicyclic) bond motifs is 1. The van der Waals surface area contributed by atoms with Crippen molar-refractivity contribution in [1.82, 2.24) is 9.97 Å². The summed E-state index contributed by atoms with van der Waals surface area (Å²) in [5.41, 5.74) is 3.77. The van der Waals surface area contributed by atoms with Crippen molar-refractivity contribution in [3.05, 3.63) is 76.4 Å². The molecule has 2 aromatic carbocycles. The van der Waals surface area contributed by atoms with Gasteiger partial charge in [0.15, 0.2) is 0 Å². The summed E-state index contributed by atoms with van der Waals surface area (Å²) in [5.74, 6) is 0.501. The fraction of sp³-hybridized carbons (Fsp3) is 0.208. The number of thiophene rings is 1. The highest BCUT2D eigenvalue weighted by molar-refractivity contribution is 8.00. The van der Waals surface area contributed by atoms with Crippen molar-refractivity contribution in [3.8, 4) is 5.75 Å². The Hall–Kier alpha value is -2.90. The predicted octanol–water partition coefficient (Wildman–Crippen LogP) is 6.10. The van der Waals surface area contributed by atoms with Gasteiger partial charge in [-0.25, -0.2) is 9.97 Å². The first-order valence-corrected chi connectivity index (χ1v) is 11.6. The molecule has 1 N–H and O–H groups in total. The number of thioether (sulfide) groups is 1. The van der Waals surface area contributed by atoms with E-state index in [1.807, 2.05) is 55.5 Å².